The molecular formula is C26H30N2O10. The van der Waals surface area contributed by atoms with Gasteiger partial charge in [-0.3, -0.25) is 9.59 Å². The molecule has 0 aromatic heterocycles. The van der Waals surface area contributed by atoms with Gasteiger partial charge < -0.3 is 35.4 Å². The molecule has 0 aliphatic carbocycles. The molecule has 2 aromatic carbocycles. The molecule has 204 valence electrons. The number of methoxy groups -OCH3 is 1. The quantitative estimate of drug-likeness (QED) is 0.214. The van der Waals surface area contributed by atoms with E-state index in [4.69, 9.17) is 19.7 Å². The number of carboxylic acids is 3. The normalized spacial score (nSPS) is 12.0. The van der Waals surface area contributed by atoms with E-state index in [0.717, 1.165) is 16.9 Å². The molecule has 0 spiro atoms. The van der Waals surface area contributed by atoms with Gasteiger partial charge in [0.15, 0.2) is 0 Å². The van der Waals surface area contributed by atoms with Crippen molar-refractivity contribution in [3.8, 4) is 16.9 Å². The van der Waals surface area contributed by atoms with Crippen LogP contribution >= 0.6 is 0 Å². The second kappa shape index (κ2) is 14.8. The molecule has 12 heteroatoms. The second-order valence-corrected chi connectivity index (χ2v) is 8.26. The van der Waals surface area contributed by atoms with Crippen LogP contribution in [0.5, 0.6) is 5.75 Å². The molecule has 0 bridgehead atoms. The Hall–Kier alpha value is -4.61. The van der Waals surface area contributed by atoms with Crippen molar-refractivity contribution in [2.75, 3.05) is 13.7 Å². The third kappa shape index (κ3) is 9.80. The number of aliphatic carboxylic acids is 3. The lowest BCUT2D eigenvalue weighted by Crippen LogP contribution is -2.43. The molecule has 0 radical (unpaired) electrons. The predicted octanol–water partition coefficient (Wildman–Crippen LogP) is 2.76. The molecule has 0 saturated carbocycles. The van der Waals surface area contributed by atoms with Crippen LogP contribution in [0, 0.1) is 0 Å². The minimum atomic E-state index is -1.54. The average Bonchev–Trinajstić information content (AvgIpc) is 2.89. The second-order valence-electron chi connectivity index (χ2n) is 8.26. The van der Waals surface area contributed by atoms with E-state index in [1.807, 2.05) is 41.7 Å². The lowest BCUT2D eigenvalue weighted by atomic mass is 10.0. The first-order chi connectivity index (χ1) is 18.1. The van der Waals surface area contributed by atoms with E-state index in [-0.39, 0.29) is 25.3 Å². The fourth-order valence-electron chi connectivity index (χ4n) is 3.42. The number of nitrogens with one attached hydrogen (secondary N) is 2. The zero-order valence-electron chi connectivity index (χ0n) is 20.7. The van der Waals surface area contributed by atoms with Crippen LogP contribution in [0.15, 0.2) is 48.5 Å². The molecule has 0 unspecified atom stereocenters. The van der Waals surface area contributed by atoms with Crippen molar-refractivity contribution >= 4 is 29.9 Å². The van der Waals surface area contributed by atoms with E-state index >= 15 is 0 Å². The highest BCUT2D eigenvalue weighted by Gasteiger charge is 2.26. The molecule has 2 amide bonds. The molecule has 5 N–H and O–H groups in total. The van der Waals surface area contributed by atoms with Gasteiger partial charge in [0.2, 0.25) is 6.10 Å². The Bertz CT molecular complexity index is 1120. The summed E-state index contributed by atoms with van der Waals surface area (Å²) >= 11 is 0. The molecular weight excluding hydrogens is 500 g/mol. The number of unbranched alkanes of at least 4 members (excludes halogenated alkanes) is 1. The van der Waals surface area contributed by atoms with E-state index in [9.17, 15) is 29.1 Å². The summed E-state index contributed by atoms with van der Waals surface area (Å²) in [6, 6.07) is 13.0. The van der Waals surface area contributed by atoms with E-state index in [1.165, 1.54) is 0 Å². The molecule has 0 aliphatic rings. The highest BCUT2D eigenvalue weighted by Crippen LogP contribution is 2.22. The summed E-state index contributed by atoms with van der Waals surface area (Å²) in [5.74, 6) is -3.68. The van der Waals surface area contributed by atoms with E-state index in [1.54, 1.807) is 19.2 Å². The summed E-state index contributed by atoms with van der Waals surface area (Å²) < 4.78 is 9.95. The Morgan fingerprint density at radius 3 is 1.95 bits per heavy atom. The third-order valence-electron chi connectivity index (χ3n) is 5.51. The maximum Gasteiger partial charge on any atom is 0.408 e. The van der Waals surface area contributed by atoms with E-state index < -0.39 is 42.6 Å². The topological polar surface area (TPSA) is 189 Å². The standard InChI is InChI=1S/C26H30N2O10/c1-37-19-11-9-17(10-12-19)16-5-7-18(8-6-16)23(31)27-15-3-2-4-21(25(34)35)38-26(36)28-20(24(32)33)13-14-22(29)30/h5-12,20-21H,2-4,13-15H2,1H3,(H,27,31)(H,28,36)(H,29,30)(H,32,33)(H,34,35)/t20-,21-/m0/s1. The fraction of sp³-hybridized carbons (Fsp3) is 0.346. The summed E-state index contributed by atoms with van der Waals surface area (Å²) in [4.78, 5) is 57.5. The van der Waals surface area contributed by atoms with Crippen molar-refractivity contribution < 1.29 is 48.8 Å². The Balaban J connectivity index is 1.76. The molecule has 38 heavy (non-hydrogen) atoms. The Morgan fingerprint density at radius 1 is 0.816 bits per heavy atom. The number of amides is 2. The third-order valence-corrected chi connectivity index (χ3v) is 5.51. The van der Waals surface area contributed by atoms with Gasteiger partial charge >= 0.3 is 24.0 Å². The Labute approximate surface area is 218 Å². The number of hydrogen-bond acceptors (Lipinski definition) is 7. The van der Waals surface area contributed by atoms with Crippen molar-refractivity contribution in [1.29, 1.82) is 0 Å². The van der Waals surface area contributed by atoms with E-state index in [2.05, 4.69) is 5.32 Å². The lowest BCUT2D eigenvalue weighted by Gasteiger charge is -2.17. The summed E-state index contributed by atoms with van der Waals surface area (Å²) in [5, 5.41) is 31.7. The first kappa shape index (κ1) is 29.6. The molecule has 0 saturated heterocycles. The Morgan fingerprint density at radius 2 is 1.42 bits per heavy atom. The zero-order valence-corrected chi connectivity index (χ0v) is 20.7. The van der Waals surface area contributed by atoms with Gasteiger partial charge in [-0.25, -0.2) is 14.4 Å². The van der Waals surface area contributed by atoms with Crippen molar-refractivity contribution in [2.24, 2.45) is 0 Å². The first-order valence-corrected chi connectivity index (χ1v) is 11.8. The molecule has 12 nitrogen and oxygen atoms in total. The van der Waals surface area contributed by atoms with Crippen LogP contribution in [0.1, 0.15) is 42.5 Å². The highest BCUT2D eigenvalue weighted by atomic mass is 16.6. The minimum Gasteiger partial charge on any atom is -0.497 e. The zero-order chi connectivity index (χ0) is 28.1. The number of carboxylic acid groups (broad SMARTS) is 3. The van der Waals surface area contributed by atoms with Crippen LogP contribution in [-0.2, 0) is 19.1 Å². The van der Waals surface area contributed by atoms with Crippen LogP contribution in [0.2, 0.25) is 0 Å². The minimum absolute atomic E-state index is 0.0674. The largest absolute Gasteiger partial charge is 0.497 e. The number of carbonyl (C=O) groups excluding carboxylic acids is 2. The summed E-state index contributed by atoms with van der Waals surface area (Å²) in [6.45, 7) is 0.258. The number of hydrogen-bond donors (Lipinski definition) is 5. The van der Waals surface area contributed by atoms with Crippen molar-refractivity contribution in [2.45, 2.75) is 44.2 Å². The van der Waals surface area contributed by atoms with Gasteiger partial charge in [0, 0.05) is 18.5 Å². The number of alkyl carbamates (subject to hydrolysis) is 1. The number of carbonyl (C=O) groups is 5. The number of benzene rings is 2. The van der Waals surface area contributed by atoms with E-state index in [0.29, 0.717) is 18.4 Å². The smallest absolute Gasteiger partial charge is 0.408 e. The van der Waals surface area contributed by atoms with Crippen LogP contribution in [0.3, 0.4) is 0 Å². The monoisotopic (exact) mass is 530 g/mol. The summed E-state index contributed by atoms with van der Waals surface area (Å²) in [7, 11) is 1.59. The van der Waals surface area contributed by atoms with Gasteiger partial charge in [-0.15, -0.1) is 0 Å². The summed E-state index contributed by atoms with van der Waals surface area (Å²) in [6.07, 6.45) is -3.07. The lowest BCUT2D eigenvalue weighted by molar-refractivity contribution is -0.147. The van der Waals surface area contributed by atoms with Crippen LogP contribution < -0.4 is 15.4 Å². The summed E-state index contributed by atoms with van der Waals surface area (Å²) in [5.41, 5.74) is 2.37. The van der Waals surface area contributed by atoms with Crippen LogP contribution in [-0.4, -0.2) is 71.0 Å². The Kier molecular flexibility index (Phi) is 11.6. The van der Waals surface area contributed by atoms with Crippen molar-refractivity contribution in [3.05, 3.63) is 54.1 Å². The predicted molar refractivity (Wildman–Crippen MR) is 134 cm³/mol. The first-order valence-electron chi connectivity index (χ1n) is 11.8. The molecule has 0 heterocycles. The fourth-order valence-corrected chi connectivity index (χ4v) is 3.42. The van der Waals surface area contributed by atoms with Gasteiger partial charge in [-0.2, -0.15) is 0 Å². The molecule has 2 rings (SSSR count). The van der Waals surface area contributed by atoms with Gasteiger partial charge in [-0.05, 0) is 61.1 Å². The van der Waals surface area contributed by atoms with Gasteiger partial charge in [0.25, 0.3) is 5.91 Å². The SMILES string of the molecule is COc1ccc(-c2ccc(C(=O)NCCCC[C@H](OC(=O)N[C@@H](CCC(=O)O)C(=O)O)C(=O)O)cc2)cc1. The highest BCUT2D eigenvalue weighted by molar-refractivity contribution is 5.94. The number of ether oxygens (including phenoxy) is 2. The number of rotatable bonds is 15. The molecule has 0 aliphatic heterocycles. The van der Waals surface area contributed by atoms with Crippen LogP contribution in [0.25, 0.3) is 11.1 Å². The molecule has 2 atom stereocenters. The molecule has 2 aromatic rings. The average molecular weight is 531 g/mol. The maximum atomic E-state index is 12.4. The van der Waals surface area contributed by atoms with Gasteiger partial charge in [0.05, 0.1) is 7.11 Å². The van der Waals surface area contributed by atoms with Crippen LogP contribution in [0.4, 0.5) is 4.79 Å². The maximum absolute atomic E-state index is 12.4. The molecule has 0 fully saturated rings. The van der Waals surface area contributed by atoms with Crippen molar-refractivity contribution in [1.82, 2.24) is 10.6 Å². The van der Waals surface area contributed by atoms with Crippen molar-refractivity contribution in [3.63, 3.8) is 0 Å². The van der Waals surface area contributed by atoms with Gasteiger partial charge in [-0.1, -0.05) is 24.3 Å². The van der Waals surface area contributed by atoms with Gasteiger partial charge in [0.1, 0.15) is 11.8 Å².